The zero-order valence-corrected chi connectivity index (χ0v) is 26.4. The molecule has 6 rings (SSSR count). The maximum absolute atomic E-state index is 13.9. The molecule has 226 valence electrons. The summed E-state index contributed by atoms with van der Waals surface area (Å²) in [6, 6.07) is 23.2. The molecule has 4 heterocycles. The Labute approximate surface area is 267 Å². The number of aromatic nitrogens is 2. The highest BCUT2D eigenvalue weighted by molar-refractivity contribution is 8.02. The van der Waals surface area contributed by atoms with E-state index in [2.05, 4.69) is 15.3 Å². The van der Waals surface area contributed by atoms with Gasteiger partial charge in [-0.1, -0.05) is 78.5 Å². The summed E-state index contributed by atoms with van der Waals surface area (Å²) in [5, 5.41) is 16.6. The van der Waals surface area contributed by atoms with Crippen LogP contribution in [-0.2, 0) is 14.4 Å². The molecule has 2 fully saturated rings. The number of aliphatic carboxylic acids is 1. The molecule has 0 bridgehead atoms. The average molecular weight is 647 g/mol. The lowest BCUT2D eigenvalue weighted by Gasteiger charge is -2.63. The molecule has 2 saturated heterocycles. The van der Waals surface area contributed by atoms with Crippen LogP contribution in [0.4, 0.5) is 0 Å². The Morgan fingerprint density at radius 2 is 1.73 bits per heavy atom. The molecule has 3 unspecified atom stereocenters. The molecule has 2 aliphatic heterocycles. The van der Waals surface area contributed by atoms with Gasteiger partial charge < -0.3 is 20.1 Å². The number of thiophene rings is 1. The van der Waals surface area contributed by atoms with Crippen molar-refractivity contribution in [1.29, 1.82) is 0 Å². The summed E-state index contributed by atoms with van der Waals surface area (Å²) in [5.41, 5.74) is 0.0123. The summed E-state index contributed by atoms with van der Waals surface area (Å²) < 4.78 is 5.42. The van der Waals surface area contributed by atoms with Crippen LogP contribution < -0.4 is 10.1 Å². The Kier molecular flexibility index (Phi) is 8.40. The van der Waals surface area contributed by atoms with Crippen molar-refractivity contribution < 1.29 is 24.2 Å². The number of ether oxygens (including phenoxy) is 1. The maximum Gasteiger partial charge on any atom is 0.315 e. The van der Waals surface area contributed by atoms with E-state index >= 15 is 0 Å². The van der Waals surface area contributed by atoms with Crippen molar-refractivity contribution in [2.75, 3.05) is 19.4 Å². The van der Waals surface area contributed by atoms with E-state index in [1.807, 2.05) is 78.2 Å². The predicted octanol–water partition coefficient (Wildman–Crippen LogP) is 5.07. The topological polar surface area (TPSA) is 122 Å². The Balaban J connectivity index is 1.59. The Morgan fingerprint density at radius 3 is 2.30 bits per heavy atom. The number of carbonyl (C=O) groups is 3. The fraction of sp³-hybridized carbons (Fsp3) is 0.281. The molecule has 0 spiro atoms. The second kappa shape index (κ2) is 12.3. The number of benzene rings is 2. The quantitative estimate of drug-likeness (QED) is 0.180. The van der Waals surface area contributed by atoms with Crippen molar-refractivity contribution in [3.05, 3.63) is 107 Å². The summed E-state index contributed by atoms with van der Waals surface area (Å²) in [6.45, 7) is 1.31. The number of amides is 2. The van der Waals surface area contributed by atoms with Gasteiger partial charge in [-0.3, -0.25) is 14.4 Å². The van der Waals surface area contributed by atoms with Crippen molar-refractivity contribution >= 4 is 52.6 Å². The number of methoxy groups -OCH3 is 1. The number of hydrogen-bond acceptors (Lipinski definition) is 9. The smallest absolute Gasteiger partial charge is 0.315 e. The number of nitrogens with zero attached hydrogens (tertiary/aromatic N) is 3. The van der Waals surface area contributed by atoms with Crippen LogP contribution in [0, 0.1) is 5.41 Å². The van der Waals surface area contributed by atoms with Gasteiger partial charge in [-0.15, -0.1) is 23.1 Å². The van der Waals surface area contributed by atoms with Crippen molar-refractivity contribution in [2.45, 2.75) is 34.0 Å². The van der Waals surface area contributed by atoms with Crippen LogP contribution in [-0.4, -0.2) is 67.4 Å². The fourth-order valence-electron chi connectivity index (χ4n) is 6.23. The van der Waals surface area contributed by atoms with Gasteiger partial charge >= 0.3 is 5.97 Å². The molecule has 44 heavy (non-hydrogen) atoms. The number of rotatable bonds is 10. The molecule has 2 aliphatic rings. The lowest BCUT2D eigenvalue weighted by Crippen LogP contribution is -2.77. The van der Waals surface area contributed by atoms with Gasteiger partial charge in [0.25, 0.3) is 0 Å². The number of nitrogens with one attached hydrogen (secondary N) is 1. The first-order valence-corrected chi connectivity index (χ1v) is 16.7. The second-order valence-electron chi connectivity index (χ2n) is 10.7. The van der Waals surface area contributed by atoms with Gasteiger partial charge in [0.1, 0.15) is 16.2 Å². The lowest BCUT2D eigenvalue weighted by atomic mass is 9.68. The number of thioether (sulfide) groups is 2. The standard InChI is InChI=1S/C32H30N4O5S3/c1-20(37)35-32(25(21-10-5-3-6-11-21)22-12-7-4-8-13-22)31(30(39)40,19-43-27-26(41-2)33-15-16-34-27)18-36-28(38)24(29(36)44-32)23-14-9-17-42-23/h3-17,24-25,29H,18-19H2,1-2H3,(H,35,37)(H,39,40)/t24?,29-,31?,32?/m1/s1. The van der Waals surface area contributed by atoms with E-state index in [9.17, 15) is 19.5 Å². The Hall–Kier alpha value is -3.87. The summed E-state index contributed by atoms with van der Waals surface area (Å²) in [4.78, 5) is 50.7. The lowest BCUT2D eigenvalue weighted by molar-refractivity contribution is -0.161. The molecule has 2 N–H and O–H groups in total. The van der Waals surface area contributed by atoms with Gasteiger partial charge in [-0.2, -0.15) is 0 Å². The summed E-state index contributed by atoms with van der Waals surface area (Å²) in [7, 11) is 1.48. The maximum atomic E-state index is 13.9. The van der Waals surface area contributed by atoms with Crippen LogP contribution in [0.5, 0.6) is 5.88 Å². The largest absolute Gasteiger partial charge is 0.481 e. The first-order valence-electron chi connectivity index (χ1n) is 13.9. The van der Waals surface area contributed by atoms with E-state index in [1.54, 1.807) is 4.90 Å². The number of fused-ring (bicyclic) bond motifs is 1. The number of carboxylic acid groups (broad SMARTS) is 1. The molecule has 0 aliphatic carbocycles. The summed E-state index contributed by atoms with van der Waals surface area (Å²) >= 11 is 4.05. The first kappa shape index (κ1) is 30.2. The van der Waals surface area contributed by atoms with E-state index in [0.717, 1.165) is 16.0 Å². The monoisotopic (exact) mass is 646 g/mol. The van der Waals surface area contributed by atoms with Gasteiger partial charge in [0.05, 0.1) is 12.5 Å². The molecule has 0 radical (unpaired) electrons. The van der Waals surface area contributed by atoms with Gasteiger partial charge in [-0.25, -0.2) is 9.97 Å². The Bertz CT molecular complexity index is 1620. The zero-order valence-electron chi connectivity index (χ0n) is 24.0. The summed E-state index contributed by atoms with van der Waals surface area (Å²) in [5.74, 6) is -2.41. The van der Waals surface area contributed by atoms with Crippen LogP contribution >= 0.6 is 34.9 Å². The molecular weight excluding hydrogens is 617 g/mol. The van der Waals surface area contributed by atoms with Crippen LogP contribution in [0.25, 0.3) is 0 Å². The minimum Gasteiger partial charge on any atom is -0.481 e. The van der Waals surface area contributed by atoms with Crippen LogP contribution in [0.2, 0.25) is 0 Å². The number of hydrogen-bond donors (Lipinski definition) is 2. The summed E-state index contributed by atoms with van der Waals surface area (Å²) in [6.07, 6.45) is 3.02. The van der Waals surface area contributed by atoms with Crippen molar-refractivity contribution in [3.8, 4) is 5.88 Å². The minimum atomic E-state index is -1.68. The highest BCUT2D eigenvalue weighted by atomic mass is 32.2. The molecule has 9 nitrogen and oxygen atoms in total. The van der Waals surface area contributed by atoms with E-state index < -0.39 is 28.1 Å². The number of β-lactam (4-membered cyclic amide) rings is 1. The van der Waals surface area contributed by atoms with Crippen molar-refractivity contribution in [1.82, 2.24) is 20.2 Å². The number of carbonyl (C=O) groups excluding carboxylic acids is 2. The molecule has 2 aromatic heterocycles. The third kappa shape index (κ3) is 5.04. The van der Waals surface area contributed by atoms with Crippen molar-refractivity contribution in [2.24, 2.45) is 5.41 Å². The molecular formula is C32H30N4O5S3. The molecule has 2 aromatic carbocycles. The highest BCUT2D eigenvalue weighted by Gasteiger charge is 2.71. The van der Waals surface area contributed by atoms with Gasteiger partial charge in [0.15, 0.2) is 5.03 Å². The average Bonchev–Trinajstić information content (AvgIpc) is 3.55. The number of carboxylic acids is 1. The van der Waals surface area contributed by atoms with E-state index in [-0.39, 0.29) is 35.4 Å². The molecule has 4 atom stereocenters. The van der Waals surface area contributed by atoms with Gasteiger partial charge in [0, 0.05) is 42.4 Å². The third-order valence-electron chi connectivity index (χ3n) is 8.17. The second-order valence-corrected chi connectivity index (χ2v) is 14.0. The molecule has 0 saturated carbocycles. The SMILES string of the molecule is COc1nccnc1SCC1(C(=O)O)CN2C(=O)C(c3cccs3)[C@H]2SC1(NC(C)=O)C(c1ccccc1)c1ccccc1. The van der Waals surface area contributed by atoms with E-state index in [1.165, 1.54) is 61.3 Å². The van der Waals surface area contributed by atoms with E-state index in [4.69, 9.17) is 4.74 Å². The Morgan fingerprint density at radius 1 is 1.07 bits per heavy atom. The van der Waals surface area contributed by atoms with Crippen LogP contribution in [0.3, 0.4) is 0 Å². The predicted molar refractivity (Wildman–Crippen MR) is 171 cm³/mol. The third-order valence-corrected chi connectivity index (χ3v) is 12.2. The van der Waals surface area contributed by atoms with Crippen LogP contribution in [0.1, 0.15) is 34.8 Å². The van der Waals surface area contributed by atoms with Gasteiger partial charge in [0.2, 0.25) is 17.7 Å². The van der Waals surface area contributed by atoms with Crippen molar-refractivity contribution in [3.63, 3.8) is 0 Å². The zero-order chi connectivity index (χ0) is 30.9. The molecule has 4 aromatic rings. The van der Waals surface area contributed by atoms with E-state index in [0.29, 0.717) is 5.03 Å². The molecule has 12 heteroatoms. The van der Waals surface area contributed by atoms with Gasteiger partial charge in [-0.05, 0) is 22.6 Å². The molecule has 2 amide bonds. The minimum absolute atomic E-state index is 0.0268. The normalized spacial score (nSPS) is 24.3. The van der Waals surface area contributed by atoms with Crippen LogP contribution in [0.15, 0.2) is 95.6 Å². The highest BCUT2D eigenvalue weighted by Crippen LogP contribution is 2.63. The fourth-order valence-corrected chi connectivity index (χ4v) is 10.6. The first-order chi connectivity index (χ1) is 21.3.